The Morgan fingerprint density at radius 2 is 1.71 bits per heavy atom. The lowest BCUT2D eigenvalue weighted by Crippen LogP contribution is -2.41. The van der Waals surface area contributed by atoms with Crippen LogP contribution in [0.25, 0.3) is 0 Å². The van der Waals surface area contributed by atoms with Crippen LogP contribution in [-0.2, 0) is 9.84 Å². The lowest BCUT2D eigenvalue weighted by atomic mass is 9.68. The molecule has 1 spiro atoms. The van der Waals surface area contributed by atoms with Gasteiger partial charge in [0.05, 0.1) is 15.5 Å². The maximum Gasteiger partial charge on any atom is 0.270 e. The van der Waals surface area contributed by atoms with E-state index in [0.29, 0.717) is 11.1 Å². The van der Waals surface area contributed by atoms with Gasteiger partial charge >= 0.3 is 0 Å². The van der Waals surface area contributed by atoms with Crippen molar-refractivity contribution in [2.24, 2.45) is 5.41 Å². The van der Waals surface area contributed by atoms with Gasteiger partial charge in [0.2, 0.25) is 0 Å². The van der Waals surface area contributed by atoms with E-state index in [1.807, 2.05) is 0 Å². The molecule has 0 N–H and O–H groups in total. The highest BCUT2D eigenvalue weighted by Crippen LogP contribution is 2.45. The Balaban J connectivity index is 1.86. The third-order valence-electron chi connectivity index (χ3n) is 5.63. The fourth-order valence-electron chi connectivity index (χ4n) is 4.20. The van der Waals surface area contributed by atoms with E-state index in [-0.39, 0.29) is 10.6 Å². The molecular weight excluding hydrogens is 328 g/mol. The first-order chi connectivity index (χ1) is 11.3. The third-order valence-corrected chi connectivity index (χ3v) is 6.76. The second-order valence-corrected chi connectivity index (χ2v) is 9.21. The summed E-state index contributed by atoms with van der Waals surface area (Å²) in [7, 11) is -3.52. The zero-order valence-electron chi connectivity index (χ0n) is 14.0. The van der Waals surface area contributed by atoms with Crippen molar-refractivity contribution in [1.82, 2.24) is 0 Å². The van der Waals surface area contributed by atoms with Gasteiger partial charge in [0, 0.05) is 31.5 Å². The highest BCUT2D eigenvalue weighted by Gasteiger charge is 2.36. The van der Waals surface area contributed by atoms with Crippen molar-refractivity contribution in [2.75, 3.05) is 24.2 Å². The zero-order valence-corrected chi connectivity index (χ0v) is 14.8. The minimum atomic E-state index is -3.52. The van der Waals surface area contributed by atoms with E-state index >= 15 is 0 Å². The van der Waals surface area contributed by atoms with E-state index in [9.17, 15) is 18.5 Å². The molecule has 0 atom stereocenters. The van der Waals surface area contributed by atoms with Crippen LogP contribution in [0.3, 0.4) is 0 Å². The average molecular weight is 352 g/mol. The Kier molecular flexibility index (Phi) is 4.55. The van der Waals surface area contributed by atoms with E-state index in [1.165, 1.54) is 44.2 Å². The van der Waals surface area contributed by atoms with Gasteiger partial charge in [-0.3, -0.25) is 10.1 Å². The maximum absolute atomic E-state index is 12.1. The SMILES string of the molecule is CS(=O)(=O)c1cc([N+](=O)[O-])ccc1N1CCC2(CCCCC2)CC1. The first-order valence-corrected chi connectivity index (χ1v) is 10.4. The van der Waals surface area contributed by atoms with Crippen LogP contribution in [0.15, 0.2) is 23.1 Å². The number of sulfone groups is 1. The Hall–Kier alpha value is -1.63. The van der Waals surface area contributed by atoms with Gasteiger partial charge in [-0.05, 0) is 37.2 Å². The molecule has 0 radical (unpaired) electrons. The summed E-state index contributed by atoms with van der Waals surface area (Å²) in [5.74, 6) is 0. The number of hydrogen-bond donors (Lipinski definition) is 0. The maximum atomic E-state index is 12.1. The summed E-state index contributed by atoms with van der Waals surface area (Å²) in [4.78, 5) is 12.6. The first-order valence-electron chi connectivity index (χ1n) is 8.54. The highest BCUT2D eigenvalue weighted by atomic mass is 32.2. The van der Waals surface area contributed by atoms with Crippen LogP contribution in [0.4, 0.5) is 11.4 Å². The molecule has 1 saturated carbocycles. The molecule has 0 aromatic heterocycles. The number of nitro benzene ring substituents is 1. The fraction of sp³-hybridized carbons (Fsp3) is 0.647. The van der Waals surface area contributed by atoms with Gasteiger partial charge in [-0.15, -0.1) is 0 Å². The molecule has 0 amide bonds. The molecule has 2 fully saturated rings. The standard InChI is InChI=1S/C17H24N2O4S/c1-24(22,23)16-13-14(19(20)21)5-6-15(16)18-11-9-17(10-12-18)7-3-2-4-8-17/h5-6,13H,2-4,7-12H2,1H3. The number of non-ortho nitro benzene ring substituents is 1. The van der Waals surface area contributed by atoms with Crippen molar-refractivity contribution < 1.29 is 13.3 Å². The van der Waals surface area contributed by atoms with E-state index in [2.05, 4.69) is 4.90 Å². The summed E-state index contributed by atoms with van der Waals surface area (Å²) < 4.78 is 24.2. The van der Waals surface area contributed by atoms with Crippen molar-refractivity contribution in [3.63, 3.8) is 0 Å². The van der Waals surface area contributed by atoms with Crippen molar-refractivity contribution >= 4 is 21.2 Å². The number of nitrogens with zero attached hydrogens (tertiary/aromatic N) is 2. The van der Waals surface area contributed by atoms with Crippen LogP contribution in [0.5, 0.6) is 0 Å². The van der Waals surface area contributed by atoms with Crippen LogP contribution < -0.4 is 4.90 Å². The van der Waals surface area contributed by atoms with Gasteiger partial charge in [-0.25, -0.2) is 8.42 Å². The summed E-state index contributed by atoms with van der Waals surface area (Å²) in [5.41, 5.74) is 0.856. The summed E-state index contributed by atoms with van der Waals surface area (Å²) in [6, 6.07) is 4.18. The Labute approximate surface area is 142 Å². The minimum Gasteiger partial charge on any atom is -0.370 e. The summed E-state index contributed by atoms with van der Waals surface area (Å²) in [6.45, 7) is 1.64. The van der Waals surface area contributed by atoms with E-state index in [1.54, 1.807) is 6.07 Å². The highest BCUT2D eigenvalue weighted by molar-refractivity contribution is 7.90. The lowest BCUT2D eigenvalue weighted by molar-refractivity contribution is -0.385. The normalized spacial score (nSPS) is 21.0. The van der Waals surface area contributed by atoms with Gasteiger partial charge < -0.3 is 4.90 Å². The van der Waals surface area contributed by atoms with Gasteiger partial charge in [0.25, 0.3) is 5.69 Å². The van der Waals surface area contributed by atoms with Gasteiger partial charge in [-0.1, -0.05) is 19.3 Å². The topological polar surface area (TPSA) is 80.5 Å². The van der Waals surface area contributed by atoms with E-state index in [0.717, 1.165) is 32.2 Å². The van der Waals surface area contributed by atoms with Crippen LogP contribution in [-0.4, -0.2) is 32.7 Å². The molecule has 132 valence electrons. The molecule has 1 aromatic carbocycles. The van der Waals surface area contributed by atoms with Crippen molar-refractivity contribution in [3.8, 4) is 0 Å². The summed E-state index contributed by atoms with van der Waals surface area (Å²) in [5, 5.41) is 11.0. The van der Waals surface area contributed by atoms with Crippen molar-refractivity contribution in [1.29, 1.82) is 0 Å². The Morgan fingerprint density at radius 1 is 1.08 bits per heavy atom. The number of hydrogen-bond acceptors (Lipinski definition) is 5. The molecule has 1 heterocycles. The van der Waals surface area contributed by atoms with Gasteiger partial charge in [0.1, 0.15) is 0 Å². The largest absolute Gasteiger partial charge is 0.370 e. The monoisotopic (exact) mass is 352 g/mol. The third kappa shape index (κ3) is 3.41. The van der Waals surface area contributed by atoms with Gasteiger partial charge in [0.15, 0.2) is 9.84 Å². The predicted octanol–water partition coefficient (Wildman–Crippen LogP) is 3.55. The van der Waals surface area contributed by atoms with E-state index in [4.69, 9.17) is 0 Å². The molecule has 2 aliphatic rings. The average Bonchev–Trinajstić information content (AvgIpc) is 2.55. The molecule has 3 rings (SSSR count). The quantitative estimate of drug-likeness (QED) is 0.614. The first kappa shape index (κ1) is 17.2. The number of anilines is 1. The zero-order chi connectivity index (χ0) is 17.4. The second-order valence-electron chi connectivity index (χ2n) is 7.23. The smallest absolute Gasteiger partial charge is 0.270 e. The van der Waals surface area contributed by atoms with Crippen LogP contribution in [0, 0.1) is 15.5 Å². The number of benzene rings is 1. The molecule has 1 aliphatic heterocycles. The molecule has 1 saturated heterocycles. The molecule has 24 heavy (non-hydrogen) atoms. The number of rotatable bonds is 3. The Morgan fingerprint density at radius 3 is 2.25 bits per heavy atom. The number of piperidine rings is 1. The van der Waals surface area contributed by atoms with Crippen LogP contribution in [0.2, 0.25) is 0 Å². The second kappa shape index (κ2) is 6.35. The number of nitro groups is 1. The van der Waals surface area contributed by atoms with Crippen LogP contribution in [0.1, 0.15) is 44.9 Å². The Bertz CT molecular complexity index is 729. The lowest BCUT2D eigenvalue weighted by Gasteiger charge is -2.45. The molecule has 0 bridgehead atoms. The molecule has 7 heteroatoms. The minimum absolute atomic E-state index is 0.0660. The van der Waals surface area contributed by atoms with Crippen molar-refractivity contribution in [3.05, 3.63) is 28.3 Å². The molecule has 1 aliphatic carbocycles. The van der Waals surface area contributed by atoms with Crippen LogP contribution >= 0.6 is 0 Å². The van der Waals surface area contributed by atoms with Crippen molar-refractivity contribution in [2.45, 2.75) is 49.8 Å². The van der Waals surface area contributed by atoms with E-state index < -0.39 is 14.8 Å². The molecular formula is C17H24N2O4S. The van der Waals surface area contributed by atoms with Gasteiger partial charge in [-0.2, -0.15) is 0 Å². The fourth-order valence-corrected chi connectivity index (χ4v) is 5.11. The molecule has 0 unspecified atom stereocenters. The summed E-state index contributed by atoms with van der Waals surface area (Å²) in [6.07, 6.45) is 9.74. The summed E-state index contributed by atoms with van der Waals surface area (Å²) >= 11 is 0. The molecule has 1 aromatic rings. The molecule has 6 nitrogen and oxygen atoms in total. The predicted molar refractivity (Wildman–Crippen MR) is 93.2 cm³/mol.